The number of rotatable bonds is 0. The van der Waals surface area contributed by atoms with Crippen molar-refractivity contribution < 1.29 is 8.78 Å². The average Bonchev–Trinajstić information content (AvgIpc) is 2.01. The van der Waals surface area contributed by atoms with Crippen molar-refractivity contribution in [3.05, 3.63) is 33.8 Å². The molecule has 0 unspecified atom stereocenters. The predicted octanol–water partition coefficient (Wildman–Crippen LogP) is 3.10. The van der Waals surface area contributed by atoms with Gasteiger partial charge >= 0.3 is 0 Å². The Balaban J connectivity index is 3.29. The molecule has 1 aromatic carbocycles. The molecular formula is C9H5BrF2. The van der Waals surface area contributed by atoms with Crippen LogP contribution in [0.4, 0.5) is 8.78 Å². The number of halogens is 3. The zero-order valence-electron chi connectivity index (χ0n) is 6.29. The standard InChI is InChI=1S/C9H5BrF2/c1-2-3-6-4-7(10)9(12)5-8(6)11/h4-5H,1H3. The van der Waals surface area contributed by atoms with E-state index in [-0.39, 0.29) is 10.0 Å². The summed E-state index contributed by atoms with van der Waals surface area (Å²) in [6.45, 7) is 1.59. The van der Waals surface area contributed by atoms with Gasteiger partial charge in [-0.1, -0.05) is 5.92 Å². The van der Waals surface area contributed by atoms with Gasteiger partial charge in [-0.2, -0.15) is 0 Å². The fourth-order valence-electron chi connectivity index (χ4n) is 0.753. The van der Waals surface area contributed by atoms with Crippen LogP contribution in [0.1, 0.15) is 12.5 Å². The predicted molar refractivity (Wildman–Crippen MR) is 46.6 cm³/mol. The average molecular weight is 231 g/mol. The van der Waals surface area contributed by atoms with Gasteiger partial charge in [0.1, 0.15) is 11.6 Å². The fourth-order valence-corrected chi connectivity index (χ4v) is 1.10. The fraction of sp³-hybridized carbons (Fsp3) is 0.111. The van der Waals surface area contributed by atoms with E-state index >= 15 is 0 Å². The van der Waals surface area contributed by atoms with E-state index in [9.17, 15) is 8.78 Å². The summed E-state index contributed by atoms with van der Waals surface area (Å²) >= 11 is 2.94. The van der Waals surface area contributed by atoms with Gasteiger partial charge in [-0.3, -0.25) is 0 Å². The maximum Gasteiger partial charge on any atom is 0.141 e. The molecule has 0 aromatic heterocycles. The monoisotopic (exact) mass is 230 g/mol. The lowest BCUT2D eigenvalue weighted by Crippen LogP contribution is -1.87. The van der Waals surface area contributed by atoms with Crippen LogP contribution in [0.5, 0.6) is 0 Å². The van der Waals surface area contributed by atoms with Crippen LogP contribution in [0.25, 0.3) is 0 Å². The highest BCUT2D eigenvalue weighted by Crippen LogP contribution is 2.19. The minimum Gasteiger partial charge on any atom is -0.206 e. The quantitative estimate of drug-likeness (QED) is 0.475. The molecule has 0 saturated carbocycles. The first-order chi connectivity index (χ1) is 5.65. The summed E-state index contributed by atoms with van der Waals surface area (Å²) in [5.41, 5.74) is 0.200. The van der Waals surface area contributed by atoms with Crippen LogP contribution in [0.15, 0.2) is 16.6 Å². The van der Waals surface area contributed by atoms with E-state index in [0.717, 1.165) is 6.07 Å². The Kier molecular flexibility index (Phi) is 2.83. The molecule has 0 fully saturated rings. The van der Waals surface area contributed by atoms with Gasteiger partial charge in [-0.15, -0.1) is 5.92 Å². The second-order valence-corrected chi connectivity index (χ2v) is 2.98. The summed E-state index contributed by atoms with van der Waals surface area (Å²) in [6, 6.07) is 2.13. The molecular weight excluding hydrogens is 226 g/mol. The molecule has 1 rings (SSSR count). The van der Waals surface area contributed by atoms with Gasteiger partial charge in [0, 0.05) is 6.07 Å². The molecule has 3 heteroatoms. The third-order valence-electron chi connectivity index (χ3n) is 1.27. The third kappa shape index (κ3) is 1.83. The zero-order valence-corrected chi connectivity index (χ0v) is 7.87. The van der Waals surface area contributed by atoms with Crippen LogP contribution < -0.4 is 0 Å². The van der Waals surface area contributed by atoms with Gasteiger partial charge in [0.25, 0.3) is 0 Å². The van der Waals surface area contributed by atoms with Gasteiger partial charge in [0.05, 0.1) is 10.0 Å². The van der Waals surface area contributed by atoms with Crippen LogP contribution in [0.2, 0.25) is 0 Å². The molecule has 0 amide bonds. The van der Waals surface area contributed by atoms with E-state index < -0.39 is 11.6 Å². The molecule has 0 radical (unpaired) electrons. The summed E-state index contributed by atoms with van der Waals surface area (Å²) in [5, 5.41) is 0. The first kappa shape index (κ1) is 9.21. The summed E-state index contributed by atoms with van der Waals surface area (Å²) in [7, 11) is 0. The second-order valence-electron chi connectivity index (χ2n) is 2.12. The van der Waals surface area contributed by atoms with Gasteiger partial charge in [-0.25, -0.2) is 8.78 Å². The molecule has 0 aliphatic rings. The summed E-state index contributed by atoms with van der Waals surface area (Å²) < 4.78 is 25.7. The molecule has 12 heavy (non-hydrogen) atoms. The highest BCUT2D eigenvalue weighted by Gasteiger charge is 2.05. The van der Waals surface area contributed by atoms with E-state index in [2.05, 4.69) is 27.8 Å². The molecule has 0 nitrogen and oxygen atoms in total. The lowest BCUT2D eigenvalue weighted by Gasteiger charge is -1.96. The number of hydrogen-bond donors (Lipinski definition) is 0. The van der Waals surface area contributed by atoms with Crippen molar-refractivity contribution in [1.82, 2.24) is 0 Å². The van der Waals surface area contributed by atoms with Crippen LogP contribution >= 0.6 is 15.9 Å². The molecule has 0 saturated heterocycles. The maximum absolute atomic E-state index is 12.9. The van der Waals surface area contributed by atoms with Crippen LogP contribution in [0.3, 0.4) is 0 Å². The molecule has 0 spiro atoms. The van der Waals surface area contributed by atoms with Crippen LogP contribution in [0, 0.1) is 23.5 Å². The van der Waals surface area contributed by atoms with E-state index in [1.807, 2.05) is 0 Å². The molecule has 0 aliphatic heterocycles. The van der Waals surface area contributed by atoms with Gasteiger partial charge in [-0.05, 0) is 28.9 Å². The van der Waals surface area contributed by atoms with Gasteiger partial charge in [0.15, 0.2) is 0 Å². The first-order valence-electron chi connectivity index (χ1n) is 3.22. The summed E-state index contributed by atoms with van der Waals surface area (Å²) in [6.07, 6.45) is 0. The van der Waals surface area contributed by atoms with E-state index in [4.69, 9.17) is 0 Å². The Morgan fingerprint density at radius 3 is 2.50 bits per heavy atom. The van der Waals surface area contributed by atoms with Gasteiger partial charge in [0.2, 0.25) is 0 Å². The lowest BCUT2D eigenvalue weighted by atomic mass is 10.2. The Morgan fingerprint density at radius 2 is 1.92 bits per heavy atom. The Morgan fingerprint density at radius 1 is 1.25 bits per heavy atom. The molecule has 0 bridgehead atoms. The molecule has 0 N–H and O–H groups in total. The van der Waals surface area contributed by atoms with E-state index in [1.54, 1.807) is 6.92 Å². The molecule has 0 atom stereocenters. The first-order valence-corrected chi connectivity index (χ1v) is 4.01. The SMILES string of the molecule is CC#Cc1cc(Br)c(F)cc1F. The number of benzene rings is 1. The Hall–Kier alpha value is -0.880. The van der Waals surface area contributed by atoms with E-state index in [0.29, 0.717) is 0 Å². The van der Waals surface area contributed by atoms with Crippen molar-refractivity contribution in [2.75, 3.05) is 0 Å². The molecule has 62 valence electrons. The third-order valence-corrected chi connectivity index (χ3v) is 1.88. The molecule has 1 aromatic rings. The summed E-state index contributed by atoms with van der Waals surface area (Å²) in [4.78, 5) is 0. The summed E-state index contributed by atoms with van der Waals surface area (Å²) in [5.74, 6) is 3.81. The minimum absolute atomic E-state index is 0.200. The smallest absolute Gasteiger partial charge is 0.141 e. The minimum atomic E-state index is -0.634. The Labute approximate surface area is 77.7 Å². The van der Waals surface area contributed by atoms with Crippen molar-refractivity contribution >= 4 is 15.9 Å². The molecule has 0 heterocycles. The molecule has 0 aliphatic carbocycles. The highest BCUT2D eigenvalue weighted by molar-refractivity contribution is 9.10. The number of hydrogen-bond acceptors (Lipinski definition) is 0. The maximum atomic E-state index is 12.9. The highest BCUT2D eigenvalue weighted by atomic mass is 79.9. The topological polar surface area (TPSA) is 0 Å². The Bertz CT molecular complexity index is 361. The van der Waals surface area contributed by atoms with E-state index in [1.165, 1.54) is 6.07 Å². The zero-order chi connectivity index (χ0) is 9.14. The van der Waals surface area contributed by atoms with Crippen LogP contribution in [-0.4, -0.2) is 0 Å². The largest absolute Gasteiger partial charge is 0.206 e. The second kappa shape index (κ2) is 3.68. The van der Waals surface area contributed by atoms with Crippen molar-refractivity contribution in [3.63, 3.8) is 0 Å². The normalized spacial score (nSPS) is 9.00. The van der Waals surface area contributed by atoms with Crippen molar-refractivity contribution in [1.29, 1.82) is 0 Å². The van der Waals surface area contributed by atoms with Crippen molar-refractivity contribution in [2.45, 2.75) is 6.92 Å². The van der Waals surface area contributed by atoms with Crippen molar-refractivity contribution in [2.24, 2.45) is 0 Å². The van der Waals surface area contributed by atoms with Gasteiger partial charge < -0.3 is 0 Å². The van der Waals surface area contributed by atoms with Crippen LogP contribution in [-0.2, 0) is 0 Å². The lowest BCUT2D eigenvalue weighted by molar-refractivity contribution is 0.577. The van der Waals surface area contributed by atoms with Crippen molar-refractivity contribution in [3.8, 4) is 11.8 Å².